The molecule has 0 unspecified atom stereocenters. The van der Waals surface area contributed by atoms with E-state index in [-0.39, 0.29) is 0 Å². The molecule has 0 spiro atoms. The van der Waals surface area contributed by atoms with E-state index in [1.165, 1.54) is 0 Å². The van der Waals surface area contributed by atoms with E-state index in [1.54, 1.807) is 32.4 Å². The van der Waals surface area contributed by atoms with Crippen LogP contribution in [0.3, 0.4) is 0 Å². The zero-order chi connectivity index (χ0) is 14.7. The number of aliphatic hydroxyl groups is 1. The van der Waals surface area contributed by atoms with Crippen LogP contribution in [0.2, 0.25) is 0 Å². The third-order valence-electron chi connectivity index (χ3n) is 3.45. The van der Waals surface area contributed by atoms with Gasteiger partial charge in [-0.1, -0.05) is 12.1 Å². The zero-order valence-electron chi connectivity index (χ0n) is 11.9. The molecule has 0 radical (unpaired) electrons. The maximum Gasteiger partial charge on any atom is 0.128 e. The molecule has 0 amide bonds. The van der Waals surface area contributed by atoms with Crippen molar-refractivity contribution in [3.05, 3.63) is 53.1 Å². The van der Waals surface area contributed by atoms with Crippen LogP contribution < -0.4 is 15.2 Å². The number of benzene rings is 2. The summed E-state index contributed by atoms with van der Waals surface area (Å²) in [5.74, 6) is 1.26. The highest BCUT2D eigenvalue weighted by molar-refractivity contribution is 5.54. The zero-order valence-corrected chi connectivity index (χ0v) is 11.9. The van der Waals surface area contributed by atoms with Gasteiger partial charge in [0.2, 0.25) is 0 Å². The maximum atomic E-state index is 10.6. The number of hydrogen-bond donors (Lipinski definition) is 2. The SMILES string of the molecule is COc1ccc([C@@H](O)c2cccc(N)c2C)c(OC)c1. The third-order valence-corrected chi connectivity index (χ3v) is 3.45. The van der Waals surface area contributed by atoms with Gasteiger partial charge in [0.05, 0.1) is 14.2 Å². The first kappa shape index (κ1) is 14.2. The summed E-state index contributed by atoms with van der Waals surface area (Å²) in [6, 6.07) is 10.8. The first-order valence-corrected chi connectivity index (χ1v) is 6.33. The van der Waals surface area contributed by atoms with Crippen molar-refractivity contribution >= 4 is 5.69 Å². The number of methoxy groups -OCH3 is 2. The van der Waals surface area contributed by atoms with Crippen LogP contribution in [0.1, 0.15) is 22.8 Å². The predicted molar refractivity (Wildman–Crippen MR) is 79.2 cm³/mol. The van der Waals surface area contributed by atoms with Gasteiger partial charge in [0, 0.05) is 17.3 Å². The van der Waals surface area contributed by atoms with Gasteiger partial charge in [0.1, 0.15) is 17.6 Å². The van der Waals surface area contributed by atoms with E-state index >= 15 is 0 Å². The number of nitrogen functional groups attached to an aromatic ring is 1. The highest BCUT2D eigenvalue weighted by Gasteiger charge is 2.18. The van der Waals surface area contributed by atoms with Crippen LogP contribution in [-0.2, 0) is 0 Å². The first-order chi connectivity index (χ1) is 9.58. The minimum atomic E-state index is -0.792. The van der Waals surface area contributed by atoms with Crippen LogP contribution in [0.25, 0.3) is 0 Å². The summed E-state index contributed by atoms with van der Waals surface area (Å²) >= 11 is 0. The fraction of sp³-hybridized carbons (Fsp3) is 0.250. The topological polar surface area (TPSA) is 64.7 Å². The Bertz CT molecular complexity index is 611. The second kappa shape index (κ2) is 5.84. The van der Waals surface area contributed by atoms with Crippen molar-refractivity contribution in [2.24, 2.45) is 0 Å². The number of rotatable bonds is 4. The average molecular weight is 273 g/mol. The Labute approximate surface area is 118 Å². The van der Waals surface area contributed by atoms with Crippen LogP contribution in [0.15, 0.2) is 36.4 Å². The van der Waals surface area contributed by atoms with E-state index < -0.39 is 6.10 Å². The van der Waals surface area contributed by atoms with Crippen molar-refractivity contribution in [1.29, 1.82) is 0 Å². The van der Waals surface area contributed by atoms with Crippen molar-refractivity contribution in [3.8, 4) is 11.5 Å². The molecule has 0 aliphatic carbocycles. The predicted octanol–water partition coefficient (Wildman–Crippen LogP) is 2.68. The Balaban J connectivity index is 2.47. The Hall–Kier alpha value is -2.20. The molecular formula is C16H19NO3. The van der Waals surface area contributed by atoms with E-state index in [2.05, 4.69) is 0 Å². The van der Waals surface area contributed by atoms with Crippen molar-refractivity contribution in [1.82, 2.24) is 0 Å². The van der Waals surface area contributed by atoms with Crippen molar-refractivity contribution in [3.63, 3.8) is 0 Å². The lowest BCUT2D eigenvalue weighted by Crippen LogP contribution is -2.06. The molecule has 4 nitrogen and oxygen atoms in total. The van der Waals surface area contributed by atoms with E-state index in [1.807, 2.05) is 25.1 Å². The lowest BCUT2D eigenvalue weighted by Gasteiger charge is -2.18. The van der Waals surface area contributed by atoms with Gasteiger partial charge < -0.3 is 20.3 Å². The van der Waals surface area contributed by atoms with Gasteiger partial charge in [-0.05, 0) is 36.2 Å². The van der Waals surface area contributed by atoms with Crippen LogP contribution in [0, 0.1) is 6.92 Å². The summed E-state index contributed by atoms with van der Waals surface area (Å²) in [5, 5.41) is 10.6. The second-order valence-corrected chi connectivity index (χ2v) is 4.57. The van der Waals surface area contributed by atoms with Gasteiger partial charge in [0.15, 0.2) is 0 Å². The minimum Gasteiger partial charge on any atom is -0.497 e. The smallest absolute Gasteiger partial charge is 0.128 e. The quantitative estimate of drug-likeness (QED) is 0.841. The molecule has 0 saturated heterocycles. The van der Waals surface area contributed by atoms with Gasteiger partial charge in [-0.3, -0.25) is 0 Å². The largest absolute Gasteiger partial charge is 0.497 e. The van der Waals surface area contributed by atoms with Gasteiger partial charge in [0.25, 0.3) is 0 Å². The molecule has 2 rings (SSSR count). The van der Waals surface area contributed by atoms with E-state index in [0.717, 1.165) is 11.1 Å². The van der Waals surface area contributed by atoms with Crippen molar-refractivity contribution in [2.75, 3.05) is 20.0 Å². The van der Waals surface area contributed by atoms with Crippen LogP contribution in [0.4, 0.5) is 5.69 Å². The van der Waals surface area contributed by atoms with Crippen LogP contribution in [-0.4, -0.2) is 19.3 Å². The molecule has 0 aliphatic heterocycles. The molecule has 0 bridgehead atoms. The number of nitrogens with two attached hydrogens (primary N) is 1. The van der Waals surface area contributed by atoms with E-state index in [9.17, 15) is 5.11 Å². The van der Waals surface area contributed by atoms with Crippen molar-refractivity contribution in [2.45, 2.75) is 13.0 Å². The molecule has 20 heavy (non-hydrogen) atoms. The number of ether oxygens (including phenoxy) is 2. The lowest BCUT2D eigenvalue weighted by molar-refractivity contribution is 0.214. The molecular weight excluding hydrogens is 254 g/mol. The van der Waals surface area contributed by atoms with Gasteiger partial charge in [-0.25, -0.2) is 0 Å². The molecule has 106 valence electrons. The summed E-state index contributed by atoms with van der Waals surface area (Å²) in [6.07, 6.45) is -0.792. The Morgan fingerprint density at radius 1 is 1.05 bits per heavy atom. The van der Waals surface area contributed by atoms with Crippen LogP contribution in [0.5, 0.6) is 11.5 Å². The van der Waals surface area contributed by atoms with Crippen LogP contribution >= 0.6 is 0 Å². The van der Waals surface area contributed by atoms with Crippen molar-refractivity contribution < 1.29 is 14.6 Å². The van der Waals surface area contributed by atoms with Gasteiger partial charge in [-0.2, -0.15) is 0 Å². The minimum absolute atomic E-state index is 0.582. The summed E-state index contributed by atoms with van der Waals surface area (Å²) in [5.41, 5.74) is 8.88. The molecule has 0 heterocycles. The van der Waals surface area contributed by atoms with Gasteiger partial charge in [-0.15, -0.1) is 0 Å². The molecule has 2 aromatic rings. The first-order valence-electron chi connectivity index (χ1n) is 6.33. The second-order valence-electron chi connectivity index (χ2n) is 4.57. The number of aliphatic hydroxyl groups excluding tert-OH is 1. The Kier molecular flexibility index (Phi) is 4.15. The highest BCUT2D eigenvalue weighted by atomic mass is 16.5. The standard InChI is InChI=1S/C16H19NO3/c1-10-12(5-4-6-14(10)17)16(18)13-8-7-11(19-2)9-15(13)20-3/h4-9,16,18H,17H2,1-3H3/t16-/m0/s1. The monoisotopic (exact) mass is 273 g/mol. The molecule has 0 saturated carbocycles. The molecule has 4 heteroatoms. The normalized spacial score (nSPS) is 12.0. The van der Waals surface area contributed by atoms with E-state index in [4.69, 9.17) is 15.2 Å². The molecule has 0 fully saturated rings. The summed E-state index contributed by atoms with van der Waals surface area (Å²) in [4.78, 5) is 0. The lowest BCUT2D eigenvalue weighted by atomic mass is 9.96. The fourth-order valence-electron chi connectivity index (χ4n) is 2.18. The molecule has 0 aliphatic rings. The number of hydrogen-bond acceptors (Lipinski definition) is 4. The number of anilines is 1. The summed E-state index contributed by atoms with van der Waals surface area (Å²) in [6.45, 7) is 1.89. The molecule has 3 N–H and O–H groups in total. The Morgan fingerprint density at radius 3 is 2.45 bits per heavy atom. The molecule has 2 aromatic carbocycles. The summed E-state index contributed by atoms with van der Waals surface area (Å²) in [7, 11) is 3.16. The highest BCUT2D eigenvalue weighted by Crippen LogP contribution is 2.35. The third kappa shape index (κ3) is 2.56. The maximum absolute atomic E-state index is 10.6. The summed E-state index contributed by atoms with van der Waals surface area (Å²) < 4.78 is 10.5. The van der Waals surface area contributed by atoms with E-state index in [0.29, 0.717) is 22.7 Å². The molecule has 1 atom stereocenters. The Morgan fingerprint density at radius 2 is 1.80 bits per heavy atom. The average Bonchev–Trinajstić information content (AvgIpc) is 2.48. The fourth-order valence-corrected chi connectivity index (χ4v) is 2.18. The van der Waals surface area contributed by atoms with Gasteiger partial charge >= 0.3 is 0 Å². The molecule has 0 aromatic heterocycles.